The number of halogens is 1. The van der Waals surface area contributed by atoms with Crippen molar-refractivity contribution >= 4 is 15.9 Å². The van der Waals surface area contributed by atoms with E-state index in [4.69, 9.17) is 4.74 Å². The molecular weight excluding hydrogens is 308 g/mol. The van der Waals surface area contributed by atoms with Crippen LogP contribution in [0, 0.1) is 0 Å². The van der Waals surface area contributed by atoms with Gasteiger partial charge in [-0.25, -0.2) is 0 Å². The van der Waals surface area contributed by atoms with Gasteiger partial charge < -0.3 is 9.84 Å². The van der Waals surface area contributed by atoms with Gasteiger partial charge in [0.05, 0.1) is 12.3 Å². The summed E-state index contributed by atoms with van der Waals surface area (Å²) in [6.45, 7) is 2.87. The van der Waals surface area contributed by atoms with Crippen LogP contribution in [0.4, 0.5) is 0 Å². The molecule has 1 aromatic carbocycles. The highest BCUT2D eigenvalue weighted by Crippen LogP contribution is 2.41. The minimum atomic E-state index is -0.494. The summed E-state index contributed by atoms with van der Waals surface area (Å²) in [5.74, 6) is 0.738. The summed E-state index contributed by atoms with van der Waals surface area (Å²) in [5.41, 5.74) is 1.86. The fourth-order valence-corrected chi connectivity index (χ4v) is 2.68. The average Bonchev–Trinajstić information content (AvgIpc) is 2.86. The van der Waals surface area contributed by atoms with E-state index in [0.29, 0.717) is 6.42 Å². The Kier molecular flexibility index (Phi) is 3.33. The molecule has 2 heterocycles. The van der Waals surface area contributed by atoms with E-state index in [2.05, 4.69) is 21.0 Å². The van der Waals surface area contributed by atoms with Gasteiger partial charge in [-0.15, -0.1) is 0 Å². The molecule has 1 aliphatic rings. The Balaban J connectivity index is 1.91. The molecule has 2 unspecified atom stereocenters. The molecule has 0 aliphatic carbocycles. The van der Waals surface area contributed by atoms with Gasteiger partial charge in [0.15, 0.2) is 0 Å². The maximum atomic E-state index is 10.2. The summed E-state index contributed by atoms with van der Waals surface area (Å²) in [6.07, 6.45) is 3.71. The van der Waals surface area contributed by atoms with Gasteiger partial charge in [-0.1, -0.05) is 22.0 Å². The summed E-state index contributed by atoms with van der Waals surface area (Å²) >= 11 is 3.42. The van der Waals surface area contributed by atoms with Gasteiger partial charge in [-0.3, -0.25) is 4.68 Å². The van der Waals surface area contributed by atoms with Crippen molar-refractivity contribution in [2.45, 2.75) is 32.1 Å². The lowest BCUT2D eigenvalue weighted by molar-refractivity contribution is 0.0656. The highest BCUT2D eigenvalue weighted by molar-refractivity contribution is 9.10. The second-order valence-electron chi connectivity index (χ2n) is 4.67. The Labute approximate surface area is 120 Å². The number of aryl methyl sites for hydroxylation is 1. The van der Waals surface area contributed by atoms with E-state index in [0.717, 1.165) is 27.9 Å². The zero-order valence-corrected chi connectivity index (χ0v) is 12.2. The second kappa shape index (κ2) is 4.98. The number of hydrogen-bond acceptors (Lipinski definition) is 3. The third-order valence-corrected chi connectivity index (χ3v) is 3.88. The average molecular weight is 323 g/mol. The molecular formula is C14H15BrN2O2. The first-order valence-corrected chi connectivity index (χ1v) is 7.13. The van der Waals surface area contributed by atoms with Gasteiger partial charge in [0, 0.05) is 34.8 Å². The zero-order chi connectivity index (χ0) is 13.4. The summed E-state index contributed by atoms with van der Waals surface area (Å²) in [6, 6.07) is 5.71. The highest BCUT2D eigenvalue weighted by Gasteiger charge is 2.28. The fraction of sp³-hybridized carbons (Fsp3) is 0.357. The topological polar surface area (TPSA) is 47.3 Å². The largest absolute Gasteiger partial charge is 0.485 e. The number of ether oxygens (including phenoxy) is 1. The Hall–Kier alpha value is -1.33. The Morgan fingerprint density at radius 2 is 2.37 bits per heavy atom. The first kappa shape index (κ1) is 12.7. The molecule has 1 aromatic heterocycles. The van der Waals surface area contributed by atoms with Gasteiger partial charge >= 0.3 is 0 Å². The summed E-state index contributed by atoms with van der Waals surface area (Å²) in [5, 5.41) is 14.5. The summed E-state index contributed by atoms with van der Waals surface area (Å²) in [7, 11) is 0. The minimum Gasteiger partial charge on any atom is -0.485 e. The van der Waals surface area contributed by atoms with Gasteiger partial charge in [-0.2, -0.15) is 5.10 Å². The molecule has 2 atom stereocenters. The molecule has 0 bridgehead atoms. The molecule has 4 nitrogen and oxygen atoms in total. The molecule has 2 aromatic rings. The number of aliphatic hydroxyl groups excluding tert-OH is 1. The van der Waals surface area contributed by atoms with Crippen LogP contribution in [0.5, 0.6) is 5.75 Å². The third kappa shape index (κ3) is 2.40. The van der Waals surface area contributed by atoms with Crippen molar-refractivity contribution in [3.63, 3.8) is 0 Å². The van der Waals surface area contributed by atoms with Crippen molar-refractivity contribution in [3.05, 3.63) is 46.2 Å². The summed E-state index contributed by atoms with van der Waals surface area (Å²) in [4.78, 5) is 0. The molecule has 0 radical (unpaired) electrons. The lowest BCUT2D eigenvalue weighted by Gasteiger charge is -2.29. The Morgan fingerprint density at radius 3 is 3.11 bits per heavy atom. The zero-order valence-electron chi connectivity index (χ0n) is 10.6. The smallest absolute Gasteiger partial charge is 0.130 e. The maximum absolute atomic E-state index is 10.2. The second-order valence-corrected chi connectivity index (χ2v) is 5.59. The standard InChI is InChI=1S/C14H15BrN2O2/c1-2-17-8-9(7-16-17)13-6-12(18)11-4-3-10(15)5-14(11)19-13/h3-5,7-8,12-13,18H,2,6H2,1H3. The van der Waals surface area contributed by atoms with E-state index in [-0.39, 0.29) is 6.10 Å². The number of aliphatic hydroxyl groups is 1. The number of benzene rings is 1. The molecule has 100 valence electrons. The van der Waals surface area contributed by atoms with Crippen LogP contribution in [0.1, 0.15) is 36.7 Å². The molecule has 5 heteroatoms. The predicted octanol–water partition coefficient (Wildman–Crippen LogP) is 3.22. The van der Waals surface area contributed by atoms with E-state index < -0.39 is 6.10 Å². The van der Waals surface area contributed by atoms with E-state index in [9.17, 15) is 5.11 Å². The van der Waals surface area contributed by atoms with Gasteiger partial charge in [-0.05, 0) is 19.1 Å². The van der Waals surface area contributed by atoms with Gasteiger partial charge in [0.1, 0.15) is 11.9 Å². The molecule has 1 N–H and O–H groups in total. The number of nitrogens with zero attached hydrogens (tertiary/aromatic N) is 2. The quantitative estimate of drug-likeness (QED) is 0.923. The van der Waals surface area contributed by atoms with Crippen molar-refractivity contribution in [2.24, 2.45) is 0 Å². The molecule has 0 spiro atoms. The van der Waals surface area contributed by atoms with Gasteiger partial charge in [0.25, 0.3) is 0 Å². The monoisotopic (exact) mass is 322 g/mol. The van der Waals surface area contributed by atoms with Crippen LogP contribution in [-0.4, -0.2) is 14.9 Å². The predicted molar refractivity (Wildman–Crippen MR) is 75.0 cm³/mol. The molecule has 3 rings (SSSR count). The van der Waals surface area contributed by atoms with Crippen molar-refractivity contribution in [2.75, 3.05) is 0 Å². The van der Waals surface area contributed by atoms with Crippen LogP contribution in [0.25, 0.3) is 0 Å². The molecule has 0 saturated carbocycles. The summed E-state index contributed by atoms with van der Waals surface area (Å²) < 4.78 is 8.79. The lowest BCUT2D eigenvalue weighted by Crippen LogP contribution is -2.18. The fourth-order valence-electron chi connectivity index (χ4n) is 2.34. The third-order valence-electron chi connectivity index (χ3n) is 3.39. The highest BCUT2D eigenvalue weighted by atomic mass is 79.9. The molecule has 0 amide bonds. The van der Waals surface area contributed by atoms with Crippen LogP contribution in [-0.2, 0) is 6.54 Å². The van der Waals surface area contributed by atoms with Crippen molar-refractivity contribution in [1.29, 1.82) is 0 Å². The Bertz CT molecular complexity index is 597. The maximum Gasteiger partial charge on any atom is 0.130 e. The number of rotatable bonds is 2. The first-order valence-electron chi connectivity index (χ1n) is 6.34. The number of fused-ring (bicyclic) bond motifs is 1. The first-order chi connectivity index (χ1) is 9.17. The lowest BCUT2D eigenvalue weighted by atomic mass is 9.96. The van der Waals surface area contributed by atoms with E-state index >= 15 is 0 Å². The molecule has 0 fully saturated rings. The SMILES string of the molecule is CCn1cc(C2CC(O)c3ccc(Br)cc3O2)cn1. The van der Waals surface area contributed by atoms with Crippen molar-refractivity contribution in [3.8, 4) is 5.75 Å². The minimum absolute atomic E-state index is 0.142. The molecule has 1 aliphatic heterocycles. The van der Waals surface area contributed by atoms with Crippen molar-refractivity contribution in [1.82, 2.24) is 9.78 Å². The number of hydrogen-bond donors (Lipinski definition) is 1. The Morgan fingerprint density at radius 1 is 1.53 bits per heavy atom. The van der Waals surface area contributed by atoms with E-state index in [1.165, 1.54) is 0 Å². The van der Waals surface area contributed by atoms with Crippen LogP contribution in [0.15, 0.2) is 35.1 Å². The van der Waals surface area contributed by atoms with Crippen LogP contribution in [0.3, 0.4) is 0 Å². The molecule has 19 heavy (non-hydrogen) atoms. The van der Waals surface area contributed by atoms with Gasteiger partial charge in [0.2, 0.25) is 0 Å². The van der Waals surface area contributed by atoms with E-state index in [1.807, 2.05) is 42.2 Å². The number of aromatic nitrogens is 2. The van der Waals surface area contributed by atoms with E-state index in [1.54, 1.807) is 0 Å². The van der Waals surface area contributed by atoms with Crippen molar-refractivity contribution < 1.29 is 9.84 Å². The van der Waals surface area contributed by atoms with Crippen LogP contribution >= 0.6 is 15.9 Å². The normalized spacial score (nSPS) is 21.8. The van der Waals surface area contributed by atoms with Crippen LogP contribution in [0.2, 0.25) is 0 Å². The molecule has 0 saturated heterocycles. The van der Waals surface area contributed by atoms with Crippen LogP contribution < -0.4 is 4.74 Å².